The van der Waals surface area contributed by atoms with Gasteiger partial charge in [0.2, 0.25) is 11.9 Å². The summed E-state index contributed by atoms with van der Waals surface area (Å²) in [7, 11) is -3.89. The molecule has 2 saturated heterocycles. The Bertz CT molecular complexity index is 1500. The van der Waals surface area contributed by atoms with E-state index in [-0.39, 0.29) is 23.3 Å². The number of hydrogen-bond acceptors (Lipinski definition) is 8. The number of nitrogens with two attached hydrogens (primary N) is 1. The number of anilines is 1. The van der Waals surface area contributed by atoms with Crippen LogP contribution in [-0.4, -0.2) is 60.3 Å². The summed E-state index contributed by atoms with van der Waals surface area (Å²) >= 11 is 6.86. The number of nitrogens with zero attached hydrogens (tertiary/aromatic N) is 4. The van der Waals surface area contributed by atoms with Crippen molar-refractivity contribution in [2.45, 2.75) is 48.3 Å². The molecule has 1 amide bonds. The fourth-order valence-corrected chi connectivity index (χ4v) is 8.07. The number of rotatable bonds is 7. The lowest BCUT2D eigenvalue weighted by Gasteiger charge is -2.23. The van der Waals surface area contributed by atoms with Gasteiger partial charge in [0.15, 0.2) is 0 Å². The SMILES string of the molecule is N[C@@H]1CCN(c2nc(CNC(=O)[C@@H]3CCCN3S(=O)(=O)c3ccc(Cl)s3)cc(-c3ccc(C(F)(F)F)cc3)n2)C1. The summed E-state index contributed by atoms with van der Waals surface area (Å²) in [4.78, 5) is 24.2. The molecule has 214 valence electrons. The maximum absolute atomic E-state index is 13.2. The average molecular weight is 615 g/mol. The topological polar surface area (TPSA) is 122 Å². The fraction of sp³-hybridized carbons (Fsp3) is 0.400. The van der Waals surface area contributed by atoms with Gasteiger partial charge in [-0.25, -0.2) is 18.4 Å². The predicted molar refractivity (Wildman–Crippen MR) is 145 cm³/mol. The molecule has 15 heteroatoms. The van der Waals surface area contributed by atoms with Gasteiger partial charge in [-0.3, -0.25) is 4.79 Å². The highest BCUT2D eigenvalue weighted by molar-refractivity contribution is 7.91. The third-order valence-electron chi connectivity index (χ3n) is 6.84. The van der Waals surface area contributed by atoms with Gasteiger partial charge >= 0.3 is 6.18 Å². The van der Waals surface area contributed by atoms with Gasteiger partial charge in [-0.1, -0.05) is 23.7 Å². The van der Waals surface area contributed by atoms with Crippen LogP contribution in [0.25, 0.3) is 11.3 Å². The molecule has 2 aromatic heterocycles. The zero-order valence-electron chi connectivity index (χ0n) is 21.1. The predicted octanol–water partition coefficient (Wildman–Crippen LogP) is 3.88. The fourth-order valence-electron chi connectivity index (χ4n) is 4.80. The van der Waals surface area contributed by atoms with Crippen molar-refractivity contribution in [2.75, 3.05) is 24.5 Å². The molecule has 0 bridgehead atoms. The lowest BCUT2D eigenvalue weighted by atomic mass is 10.1. The Hall–Kier alpha value is -2.78. The van der Waals surface area contributed by atoms with Gasteiger partial charge in [0.1, 0.15) is 10.3 Å². The lowest BCUT2D eigenvalue weighted by Crippen LogP contribution is -2.45. The van der Waals surface area contributed by atoms with Gasteiger partial charge in [-0.05, 0) is 49.6 Å². The quantitative estimate of drug-likeness (QED) is 0.414. The van der Waals surface area contributed by atoms with E-state index in [2.05, 4.69) is 15.3 Å². The van der Waals surface area contributed by atoms with Gasteiger partial charge in [0.25, 0.3) is 10.0 Å². The third-order valence-corrected chi connectivity index (χ3v) is 10.5. The molecule has 0 spiro atoms. The largest absolute Gasteiger partial charge is 0.416 e. The highest BCUT2D eigenvalue weighted by atomic mass is 35.5. The minimum atomic E-state index is -4.46. The minimum absolute atomic E-state index is 0.0307. The molecular weight excluding hydrogens is 589 g/mol. The van der Waals surface area contributed by atoms with E-state index in [0.717, 1.165) is 29.9 Å². The molecule has 9 nitrogen and oxygen atoms in total. The Morgan fingerprint density at radius 1 is 1.12 bits per heavy atom. The molecule has 3 aromatic rings. The van der Waals surface area contributed by atoms with E-state index in [4.69, 9.17) is 17.3 Å². The molecule has 5 rings (SSSR count). The second kappa shape index (κ2) is 11.2. The summed E-state index contributed by atoms with van der Waals surface area (Å²) in [6.45, 7) is 1.31. The molecule has 2 aliphatic rings. The summed E-state index contributed by atoms with van der Waals surface area (Å²) < 4.78 is 67.1. The van der Waals surface area contributed by atoms with Crippen LogP contribution in [0, 0.1) is 0 Å². The Balaban J connectivity index is 1.37. The van der Waals surface area contributed by atoms with Gasteiger partial charge in [0.05, 0.1) is 27.8 Å². The van der Waals surface area contributed by atoms with Crippen LogP contribution in [0.4, 0.5) is 19.1 Å². The molecule has 4 heterocycles. The smallest absolute Gasteiger partial charge is 0.349 e. The summed E-state index contributed by atoms with van der Waals surface area (Å²) in [5.74, 6) is -0.114. The van der Waals surface area contributed by atoms with Crippen molar-refractivity contribution in [3.8, 4) is 11.3 Å². The molecule has 2 atom stereocenters. The number of alkyl halides is 3. The first-order valence-electron chi connectivity index (χ1n) is 12.5. The molecule has 0 aliphatic carbocycles. The highest BCUT2D eigenvalue weighted by Crippen LogP contribution is 2.33. The molecule has 40 heavy (non-hydrogen) atoms. The van der Waals surface area contributed by atoms with Crippen LogP contribution in [0.5, 0.6) is 0 Å². The number of carbonyl (C=O) groups is 1. The molecule has 3 N–H and O–H groups in total. The number of sulfonamides is 1. The summed E-state index contributed by atoms with van der Waals surface area (Å²) in [6, 6.07) is 8.22. The number of thiophene rings is 1. The second-order valence-electron chi connectivity index (χ2n) is 9.66. The number of aromatic nitrogens is 2. The first-order chi connectivity index (χ1) is 18.9. The Morgan fingerprint density at radius 3 is 2.50 bits per heavy atom. The van der Waals surface area contributed by atoms with Gasteiger partial charge in [-0.2, -0.15) is 17.5 Å². The Kier molecular flexibility index (Phi) is 8.08. The van der Waals surface area contributed by atoms with Crippen molar-refractivity contribution in [3.63, 3.8) is 0 Å². The maximum Gasteiger partial charge on any atom is 0.416 e. The van der Waals surface area contributed by atoms with Crippen molar-refractivity contribution in [3.05, 3.63) is 58.1 Å². The van der Waals surface area contributed by atoms with Crippen molar-refractivity contribution in [1.82, 2.24) is 19.6 Å². The highest BCUT2D eigenvalue weighted by Gasteiger charge is 2.40. The van der Waals surface area contributed by atoms with Gasteiger partial charge in [-0.15, -0.1) is 11.3 Å². The molecule has 2 aliphatic heterocycles. The van der Waals surface area contributed by atoms with E-state index < -0.39 is 33.7 Å². The van der Waals surface area contributed by atoms with E-state index >= 15 is 0 Å². The Labute approximate surface area is 238 Å². The second-order valence-corrected chi connectivity index (χ2v) is 13.5. The molecule has 0 radical (unpaired) electrons. The normalized spacial score (nSPS) is 20.3. The number of amides is 1. The van der Waals surface area contributed by atoms with Crippen molar-refractivity contribution in [1.29, 1.82) is 0 Å². The van der Waals surface area contributed by atoms with Crippen LogP contribution in [-0.2, 0) is 27.5 Å². The molecular formula is C25H26ClF3N6O3S2. The third kappa shape index (κ3) is 6.10. The summed E-state index contributed by atoms with van der Waals surface area (Å²) in [6.07, 6.45) is -2.84. The molecule has 0 saturated carbocycles. The van der Waals surface area contributed by atoms with Crippen molar-refractivity contribution < 1.29 is 26.4 Å². The maximum atomic E-state index is 13.2. The lowest BCUT2D eigenvalue weighted by molar-refractivity contribution is -0.137. The standard InChI is InChI=1S/C25H26ClF3N6O3S2/c26-21-7-8-22(39-21)40(37,38)35-10-1-2-20(35)23(36)31-13-18-12-19(15-3-5-16(6-4-15)25(27,28)29)33-24(32-18)34-11-9-17(30)14-34/h3-8,12,17,20H,1-2,9-11,13-14,30H2,(H,31,36)/t17-,20+/m1/s1. The number of nitrogens with one attached hydrogen (secondary N) is 1. The van der Waals surface area contributed by atoms with Gasteiger partial charge in [0, 0.05) is 31.2 Å². The minimum Gasteiger partial charge on any atom is -0.349 e. The van der Waals surface area contributed by atoms with Crippen LogP contribution >= 0.6 is 22.9 Å². The van der Waals surface area contributed by atoms with E-state index in [1.165, 1.54) is 28.6 Å². The number of carbonyl (C=O) groups excluding carboxylic acids is 1. The first-order valence-corrected chi connectivity index (χ1v) is 15.2. The Morgan fingerprint density at radius 2 is 1.88 bits per heavy atom. The van der Waals surface area contributed by atoms with Crippen molar-refractivity contribution in [2.24, 2.45) is 5.73 Å². The zero-order valence-corrected chi connectivity index (χ0v) is 23.5. The molecule has 2 fully saturated rings. The molecule has 1 aromatic carbocycles. The number of benzene rings is 1. The number of halogens is 4. The van der Waals surface area contributed by atoms with E-state index in [1.54, 1.807) is 6.07 Å². The van der Waals surface area contributed by atoms with Crippen molar-refractivity contribution >= 4 is 44.8 Å². The van der Waals surface area contributed by atoms with E-state index in [0.29, 0.717) is 53.2 Å². The monoisotopic (exact) mass is 614 g/mol. The zero-order chi connectivity index (χ0) is 28.7. The van der Waals surface area contributed by atoms with Crippen LogP contribution in [0.3, 0.4) is 0 Å². The van der Waals surface area contributed by atoms with Crippen LogP contribution in [0.15, 0.2) is 46.7 Å². The number of hydrogen-bond donors (Lipinski definition) is 2. The van der Waals surface area contributed by atoms with Gasteiger partial charge < -0.3 is 16.0 Å². The summed E-state index contributed by atoms with van der Waals surface area (Å²) in [5, 5.41) is 2.78. The van der Waals surface area contributed by atoms with Crippen LogP contribution in [0.2, 0.25) is 4.34 Å². The van der Waals surface area contributed by atoms with Crippen LogP contribution < -0.4 is 16.0 Å². The first kappa shape index (κ1) is 28.7. The summed E-state index contributed by atoms with van der Waals surface area (Å²) in [5.41, 5.74) is 6.54. The average Bonchev–Trinajstić information content (AvgIpc) is 3.68. The van der Waals surface area contributed by atoms with E-state index in [9.17, 15) is 26.4 Å². The molecule has 0 unspecified atom stereocenters. The van der Waals surface area contributed by atoms with E-state index in [1.807, 2.05) is 4.90 Å². The van der Waals surface area contributed by atoms with Crippen LogP contribution in [0.1, 0.15) is 30.5 Å².